The van der Waals surface area contributed by atoms with Crippen LogP contribution in [-0.2, 0) is 9.53 Å². The summed E-state index contributed by atoms with van der Waals surface area (Å²) in [5.41, 5.74) is 1.50. The molecule has 3 rings (SSSR count). The number of allylic oxidation sites excluding steroid dienone is 1. The molecule has 11 heteroatoms. The Kier molecular flexibility index (Phi) is 5.77. The van der Waals surface area contributed by atoms with E-state index in [0.29, 0.717) is 32.6 Å². The minimum Gasteiger partial charge on any atom is -0.463 e. The molecule has 1 aliphatic heterocycles. The summed E-state index contributed by atoms with van der Waals surface area (Å²) in [5, 5.41) is 14.4. The molecule has 1 unspecified atom stereocenters. The zero-order valence-corrected chi connectivity index (χ0v) is 16.7. The van der Waals surface area contributed by atoms with Gasteiger partial charge in [-0.25, -0.2) is 14.2 Å². The summed E-state index contributed by atoms with van der Waals surface area (Å²) in [5.74, 6) is -0.574. The lowest BCUT2D eigenvalue weighted by Gasteiger charge is -2.26. The van der Waals surface area contributed by atoms with Crippen LogP contribution in [0.4, 0.5) is 4.39 Å². The highest BCUT2D eigenvalue weighted by molar-refractivity contribution is 9.10. The number of aliphatic imine (C=N–C) groups is 1. The Morgan fingerprint density at radius 3 is 2.88 bits per heavy atom. The molecule has 1 aliphatic rings. The van der Waals surface area contributed by atoms with Gasteiger partial charge in [0.05, 0.1) is 12.2 Å². The molecule has 1 N–H and O–H groups in total. The van der Waals surface area contributed by atoms with Gasteiger partial charge in [0.1, 0.15) is 18.2 Å². The van der Waals surface area contributed by atoms with Crippen LogP contribution in [0.3, 0.4) is 0 Å². The van der Waals surface area contributed by atoms with Crippen molar-refractivity contribution in [1.29, 1.82) is 0 Å². The summed E-state index contributed by atoms with van der Waals surface area (Å²) in [6, 6.07) is 3.48. The molecule has 0 saturated heterocycles. The number of benzene rings is 1. The Morgan fingerprint density at radius 1 is 1.46 bits per heavy atom. The zero-order valence-electron chi connectivity index (χ0n) is 13.5. The number of nitrogens with zero attached hydrogens (tertiary/aromatic N) is 5. The monoisotopic (exact) mass is 486 g/mol. The zero-order chi connectivity index (χ0) is 18.7. The van der Waals surface area contributed by atoms with Crippen molar-refractivity contribution in [3.8, 4) is 0 Å². The first kappa shape index (κ1) is 18.6. The van der Waals surface area contributed by atoms with E-state index < -0.39 is 17.8 Å². The third-order valence-electron chi connectivity index (χ3n) is 3.56. The summed E-state index contributed by atoms with van der Waals surface area (Å²) in [6.07, 6.45) is 1.38. The Hall–Kier alpha value is -2.14. The summed E-state index contributed by atoms with van der Waals surface area (Å²) >= 11 is 6.72. The highest BCUT2D eigenvalue weighted by Gasteiger charge is 2.33. The molecule has 26 heavy (non-hydrogen) atoms. The van der Waals surface area contributed by atoms with Crippen molar-refractivity contribution in [2.45, 2.75) is 13.0 Å². The first-order chi connectivity index (χ1) is 12.5. The number of aromatic nitrogens is 4. The number of alkyl halides is 1. The van der Waals surface area contributed by atoms with Crippen molar-refractivity contribution in [3.05, 3.63) is 51.6 Å². The highest BCUT2D eigenvalue weighted by Crippen LogP contribution is 2.36. The number of nitrogens with one attached hydrogen (secondary N) is 1. The van der Waals surface area contributed by atoms with Crippen LogP contribution >= 0.6 is 31.9 Å². The Bertz CT molecular complexity index is 884. The van der Waals surface area contributed by atoms with E-state index in [4.69, 9.17) is 4.74 Å². The van der Waals surface area contributed by atoms with E-state index in [2.05, 4.69) is 57.7 Å². The van der Waals surface area contributed by atoms with Gasteiger partial charge in [0.15, 0.2) is 0 Å². The lowest BCUT2D eigenvalue weighted by molar-refractivity contribution is -0.138. The number of hydrogen-bond donors (Lipinski definition) is 1. The second kappa shape index (κ2) is 8.04. The van der Waals surface area contributed by atoms with Gasteiger partial charge in [-0.1, -0.05) is 37.9 Å². The SMILES string of the molecule is CCOC(=O)C1=C(CBr)NC(n2cnnn2)=NC1c1ccc(F)cc1Br. The predicted octanol–water partition coefficient (Wildman–Crippen LogP) is 2.34. The minimum atomic E-state index is -0.725. The number of halogens is 3. The maximum absolute atomic E-state index is 13.5. The Balaban J connectivity index is 2.15. The van der Waals surface area contributed by atoms with E-state index in [-0.39, 0.29) is 6.61 Å². The number of carbonyl (C=O) groups is 1. The fourth-order valence-electron chi connectivity index (χ4n) is 2.46. The molecule has 0 radical (unpaired) electrons. The van der Waals surface area contributed by atoms with Gasteiger partial charge in [-0.05, 0) is 35.0 Å². The average Bonchev–Trinajstić information content (AvgIpc) is 3.15. The molecule has 0 fully saturated rings. The van der Waals surface area contributed by atoms with E-state index in [0.717, 1.165) is 0 Å². The van der Waals surface area contributed by atoms with Crippen LogP contribution in [0.2, 0.25) is 0 Å². The smallest absolute Gasteiger partial charge is 0.338 e. The lowest BCUT2D eigenvalue weighted by atomic mass is 9.96. The number of esters is 1. The largest absolute Gasteiger partial charge is 0.463 e. The quantitative estimate of drug-likeness (QED) is 0.525. The van der Waals surface area contributed by atoms with Crippen LogP contribution in [0.5, 0.6) is 0 Å². The Morgan fingerprint density at radius 2 is 2.27 bits per heavy atom. The molecule has 1 atom stereocenters. The minimum absolute atomic E-state index is 0.221. The third kappa shape index (κ3) is 3.68. The summed E-state index contributed by atoms with van der Waals surface area (Å²) in [4.78, 5) is 17.1. The molecule has 0 aliphatic carbocycles. The lowest BCUT2D eigenvalue weighted by Crippen LogP contribution is -2.38. The third-order valence-corrected chi connectivity index (χ3v) is 4.81. The van der Waals surface area contributed by atoms with Crippen LogP contribution in [0.1, 0.15) is 18.5 Å². The summed E-state index contributed by atoms with van der Waals surface area (Å²) < 4.78 is 20.5. The second-order valence-electron chi connectivity index (χ2n) is 5.15. The van der Waals surface area contributed by atoms with Crippen molar-refractivity contribution in [3.63, 3.8) is 0 Å². The van der Waals surface area contributed by atoms with Crippen molar-refractivity contribution >= 4 is 43.8 Å². The van der Waals surface area contributed by atoms with Gasteiger partial charge in [-0.3, -0.25) is 0 Å². The van der Waals surface area contributed by atoms with E-state index in [1.165, 1.54) is 23.1 Å². The van der Waals surface area contributed by atoms with E-state index >= 15 is 0 Å². The molecule has 0 saturated carbocycles. The maximum atomic E-state index is 13.5. The van der Waals surface area contributed by atoms with E-state index in [1.54, 1.807) is 13.0 Å². The van der Waals surface area contributed by atoms with Crippen molar-refractivity contribution in [1.82, 2.24) is 25.5 Å². The van der Waals surface area contributed by atoms with Crippen LogP contribution in [0.15, 0.2) is 45.3 Å². The van der Waals surface area contributed by atoms with Crippen molar-refractivity contribution < 1.29 is 13.9 Å². The average molecular weight is 488 g/mol. The second-order valence-corrected chi connectivity index (χ2v) is 6.56. The molecule has 8 nitrogen and oxygen atoms in total. The molecule has 1 aromatic heterocycles. The number of ether oxygens (including phenoxy) is 1. The van der Waals surface area contributed by atoms with Gasteiger partial charge in [0.25, 0.3) is 0 Å². The van der Waals surface area contributed by atoms with Crippen LogP contribution in [-0.4, -0.2) is 44.1 Å². The Labute approximate surface area is 164 Å². The van der Waals surface area contributed by atoms with E-state index in [9.17, 15) is 9.18 Å². The van der Waals surface area contributed by atoms with Crippen LogP contribution in [0.25, 0.3) is 0 Å². The summed E-state index contributed by atoms with van der Waals surface area (Å²) in [7, 11) is 0. The topological polar surface area (TPSA) is 94.3 Å². The maximum Gasteiger partial charge on any atom is 0.338 e. The van der Waals surface area contributed by atoms with E-state index in [1.807, 2.05) is 0 Å². The molecule has 0 spiro atoms. The standard InChI is InChI=1S/C15H13Br2FN6O2/c1-2-26-14(25)12-11(6-16)20-15(24-7-19-22-23-24)21-13(12)9-4-3-8(18)5-10(9)17/h3-5,7,13H,2,6H2,1H3,(H,20,21). The number of rotatable bonds is 4. The molecular formula is C15H13Br2FN6O2. The molecular weight excluding hydrogens is 475 g/mol. The molecule has 0 bridgehead atoms. The van der Waals surface area contributed by atoms with Crippen molar-refractivity contribution in [2.75, 3.05) is 11.9 Å². The first-order valence-corrected chi connectivity index (χ1v) is 9.45. The molecule has 2 heterocycles. The molecule has 0 amide bonds. The normalized spacial score (nSPS) is 16.9. The van der Waals surface area contributed by atoms with Gasteiger partial charge in [0.2, 0.25) is 5.96 Å². The highest BCUT2D eigenvalue weighted by atomic mass is 79.9. The van der Waals surface area contributed by atoms with Gasteiger partial charge in [-0.15, -0.1) is 5.10 Å². The molecule has 1 aromatic carbocycles. The first-order valence-electron chi connectivity index (χ1n) is 7.54. The van der Waals surface area contributed by atoms with Crippen LogP contribution in [0, 0.1) is 5.82 Å². The van der Waals surface area contributed by atoms with Gasteiger partial charge < -0.3 is 10.1 Å². The van der Waals surface area contributed by atoms with Gasteiger partial charge >= 0.3 is 5.97 Å². The predicted molar refractivity (Wildman–Crippen MR) is 98.1 cm³/mol. The number of hydrogen-bond acceptors (Lipinski definition) is 7. The van der Waals surface area contributed by atoms with Gasteiger partial charge in [0, 0.05) is 15.5 Å². The molecule has 2 aromatic rings. The number of tetrazole rings is 1. The number of carbonyl (C=O) groups excluding carboxylic acids is 1. The van der Waals surface area contributed by atoms with Gasteiger partial charge in [-0.2, -0.15) is 4.68 Å². The summed E-state index contributed by atoms with van der Waals surface area (Å²) in [6.45, 7) is 1.94. The van der Waals surface area contributed by atoms with Crippen LogP contribution < -0.4 is 5.32 Å². The fourth-order valence-corrected chi connectivity index (χ4v) is 3.47. The van der Waals surface area contributed by atoms with Crippen molar-refractivity contribution in [2.24, 2.45) is 4.99 Å². The fraction of sp³-hybridized carbons (Fsp3) is 0.267. The molecule has 136 valence electrons.